The van der Waals surface area contributed by atoms with Gasteiger partial charge in [-0.15, -0.1) is 0 Å². The van der Waals surface area contributed by atoms with Gasteiger partial charge in [0, 0.05) is 4.43 Å². The molecule has 8 heavy (non-hydrogen) atoms. The number of alkyl halides is 4. The Hall–Kier alpha value is 1.60. The lowest BCUT2D eigenvalue weighted by atomic mass is 10.4. The minimum Gasteiger partial charge on any atom is -0.0861 e. The van der Waals surface area contributed by atoms with E-state index in [0.29, 0.717) is 6.42 Å². The lowest BCUT2D eigenvalue weighted by Gasteiger charge is -2.06. The van der Waals surface area contributed by atoms with E-state index < -0.39 is 3.79 Å². The van der Waals surface area contributed by atoms with E-state index in [-0.39, 0.29) is 0 Å². The molecule has 0 heterocycles. The Morgan fingerprint density at radius 1 is 1.38 bits per heavy atom. The third kappa shape index (κ3) is 7.60. The van der Waals surface area contributed by atoms with Crippen LogP contribution in [-0.4, -0.2) is 8.22 Å². The van der Waals surface area contributed by atoms with Crippen LogP contribution < -0.4 is 0 Å². The van der Waals surface area contributed by atoms with Crippen LogP contribution in [0, 0.1) is 6.42 Å². The first-order chi connectivity index (χ1) is 3.56. The van der Waals surface area contributed by atoms with E-state index in [2.05, 4.69) is 22.6 Å². The van der Waals surface area contributed by atoms with Crippen LogP contribution >= 0.6 is 57.4 Å². The maximum absolute atomic E-state index is 5.41. The summed E-state index contributed by atoms with van der Waals surface area (Å²) in [6.45, 7) is 0. The highest BCUT2D eigenvalue weighted by atomic mass is 127. The van der Waals surface area contributed by atoms with Crippen molar-refractivity contribution in [3.63, 3.8) is 0 Å². The molecular formula is C4H5Cl3I. The molecule has 0 aliphatic heterocycles. The Kier molecular flexibility index (Phi) is 5.31. The molecule has 0 aromatic rings. The van der Waals surface area contributed by atoms with Gasteiger partial charge in [-0.05, 0) is 12.8 Å². The average Bonchev–Trinajstić information content (AvgIpc) is 1.59. The summed E-state index contributed by atoms with van der Waals surface area (Å²) in [4.78, 5) is 0. The topological polar surface area (TPSA) is 0 Å². The minimum atomic E-state index is -1.09. The highest BCUT2D eigenvalue weighted by Crippen LogP contribution is 2.30. The Morgan fingerprint density at radius 2 is 1.88 bits per heavy atom. The average molecular weight is 286 g/mol. The normalized spacial score (nSPS) is 12.0. The summed E-state index contributed by atoms with van der Waals surface area (Å²) >= 11 is 18.4. The molecule has 0 rings (SSSR count). The first kappa shape index (κ1) is 9.60. The van der Waals surface area contributed by atoms with Gasteiger partial charge >= 0.3 is 0 Å². The van der Waals surface area contributed by atoms with E-state index in [1.54, 1.807) is 0 Å². The van der Waals surface area contributed by atoms with Gasteiger partial charge < -0.3 is 0 Å². The Balaban J connectivity index is 3.11. The molecule has 0 spiro atoms. The number of halogens is 4. The first-order valence-corrected chi connectivity index (χ1v) is 4.66. The summed E-state index contributed by atoms with van der Waals surface area (Å²) < 4.78 is -0.170. The van der Waals surface area contributed by atoms with E-state index >= 15 is 0 Å². The molecule has 0 bridgehead atoms. The zero-order valence-electron chi connectivity index (χ0n) is 4.00. The molecule has 0 aliphatic rings. The smallest absolute Gasteiger partial charge is 0.0861 e. The number of hydrogen-bond acceptors (Lipinski definition) is 0. The van der Waals surface area contributed by atoms with Crippen LogP contribution in [0.5, 0.6) is 0 Å². The van der Waals surface area contributed by atoms with Gasteiger partial charge in [0.1, 0.15) is 0 Å². The maximum Gasteiger partial charge on any atom is 0.190 e. The molecule has 0 fully saturated rings. The van der Waals surface area contributed by atoms with Gasteiger partial charge in [0.15, 0.2) is 3.79 Å². The first-order valence-electron chi connectivity index (χ1n) is 2.00. The van der Waals surface area contributed by atoms with Crippen LogP contribution in [0.25, 0.3) is 0 Å². The van der Waals surface area contributed by atoms with Crippen molar-refractivity contribution >= 4 is 57.4 Å². The molecule has 0 amide bonds. The van der Waals surface area contributed by atoms with Crippen molar-refractivity contribution in [2.45, 2.75) is 10.2 Å². The Morgan fingerprint density at radius 3 is 2.00 bits per heavy atom. The van der Waals surface area contributed by atoms with Gasteiger partial charge in [-0.25, -0.2) is 0 Å². The van der Waals surface area contributed by atoms with Gasteiger partial charge in [0.25, 0.3) is 0 Å². The molecule has 0 N–H and O–H groups in total. The predicted molar refractivity (Wildman–Crippen MR) is 48.1 cm³/mol. The van der Waals surface area contributed by atoms with Gasteiger partial charge in [-0.2, -0.15) is 0 Å². The zero-order valence-corrected chi connectivity index (χ0v) is 8.43. The molecule has 0 aliphatic carbocycles. The van der Waals surface area contributed by atoms with Crippen molar-refractivity contribution in [1.29, 1.82) is 0 Å². The van der Waals surface area contributed by atoms with E-state index in [1.807, 2.05) is 6.42 Å². The van der Waals surface area contributed by atoms with Gasteiger partial charge in [0.2, 0.25) is 0 Å². The van der Waals surface area contributed by atoms with E-state index in [4.69, 9.17) is 34.8 Å². The van der Waals surface area contributed by atoms with Crippen molar-refractivity contribution in [3.05, 3.63) is 6.42 Å². The van der Waals surface area contributed by atoms with Crippen LogP contribution in [0.2, 0.25) is 0 Å². The Bertz CT molecular complexity index is 58.8. The van der Waals surface area contributed by atoms with Crippen molar-refractivity contribution in [2.75, 3.05) is 4.43 Å². The van der Waals surface area contributed by atoms with Gasteiger partial charge in [-0.3, -0.25) is 0 Å². The summed E-state index contributed by atoms with van der Waals surface area (Å²) in [5.74, 6) is 0. The second-order valence-corrected chi connectivity index (χ2v) is 4.66. The van der Waals surface area contributed by atoms with Crippen molar-refractivity contribution in [1.82, 2.24) is 0 Å². The molecule has 0 unspecified atom stereocenters. The van der Waals surface area contributed by atoms with Crippen LogP contribution in [0.1, 0.15) is 6.42 Å². The fourth-order valence-corrected chi connectivity index (χ4v) is 0.857. The molecule has 4 heteroatoms. The van der Waals surface area contributed by atoms with Crippen LogP contribution in [0.4, 0.5) is 0 Å². The standard InChI is InChI=1S/C4H5Cl3I/c5-4(6,7)2-1-3-8/h1H,2-3H2. The SMILES string of the molecule is ClC(Cl)(Cl)C[CH]CI. The fourth-order valence-electron chi connectivity index (χ4n) is 0.218. The monoisotopic (exact) mass is 285 g/mol. The lowest BCUT2D eigenvalue weighted by molar-refractivity contribution is 1.000. The fraction of sp³-hybridized carbons (Fsp3) is 0.750. The van der Waals surface area contributed by atoms with E-state index in [9.17, 15) is 0 Å². The van der Waals surface area contributed by atoms with Crippen molar-refractivity contribution in [2.24, 2.45) is 0 Å². The van der Waals surface area contributed by atoms with E-state index in [1.165, 1.54) is 0 Å². The van der Waals surface area contributed by atoms with Crippen molar-refractivity contribution in [3.8, 4) is 0 Å². The molecular weight excluding hydrogens is 281 g/mol. The third-order valence-electron chi connectivity index (χ3n) is 0.485. The third-order valence-corrected chi connectivity index (χ3v) is 1.57. The minimum absolute atomic E-state index is 0.528. The number of rotatable bonds is 2. The van der Waals surface area contributed by atoms with Crippen LogP contribution in [-0.2, 0) is 0 Å². The summed E-state index contributed by atoms with van der Waals surface area (Å²) in [6.07, 6.45) is 2.45. The largest absolute Gasteiger partial charge is 0.190 e. The van der Waals surface area contributed by atoms with Crippen LogP contribution in [0.3, 0.4) is 0 Å². The molecule has 0 nitrogen and oxygen atoms in total. The van der Waals surface area contributed by atoms with Gasteiger partial charge in [0.05, 0.1) is 0 Å². The van der Waals surface area contributed by atoms with Gasteiger partial charge in [-0.1, -0.05) is 57.4 Å². The number of hydrogen-bond donors (Lipinski definition) is 0. The molecule has 0 aromatic heterocycles. The lowest BCUT2D eigenvalue weighted by Crippen LogP contribution is -2.01. The van der Waals surface area contributed by atoms with E-state index in [0.717, 1.165) is 4.43 Å². The second-order valence-electron chi connectivity index (χ2n) is 1.26. The molecule has 49 valence electrons. The molecule has 0 atom stereocenters. The summed E-state index contributed by atoms with van der Waals surface area (Å²) in [5.41, 5.74) is 0. The molecule has 0 aromatic carbocycles. The highest BCUT2D eigenvalue weighted by Gasteiger charge is 2.17. The quantitative estimate of drug-likeness (QED) is 0.539. The highest BCUT2D eigenvalue weighted by molar-refractivity contribution is 14.1. The molecule has 0 saturated carbocycles. The second kappa shape index (κ2) is 4.42. The summed E-state index contributed by atoms with van der Waals surface area (Å²) in [5, 5.41) is 0. The summed E-state index contributed by atoms with van der Waals surface area (Å²) in [7, 11) is 0. The maximum atomic E-state index is 5.41. The predicted octanol–water partition coefficient (Wildman–Crippen LogP) is 3.39. The Labute approximate surface area is 78.0 Å². The summed E-state index contributed by atoms with van der Waals surface area (Å²) in [6, 6.07) is 0. The molecule has 1 radical (unpaired) electrons. The van der Waals surface area contributed by atoms with Crippen LogP contribution in [0.15, 0.2) is 0 Å². The van der Waals surface area contributed by atoms with Crippen molar-refractivity contribution < 1.29 is 0 Å². The molecule has 0 saturated heterocycles. The zero-order chi connectivity index (χ0) is 6.62.